The first-order chi connectivity index (χ1) is 8.94. The minimum absolute atomic E-state index is 0.152. The number of hydrogen-bond acceptors (Lipinski definition) is 3. The molecule has 2 N–H and O–H groups in total. The van der Waals surface area contributed by atoms with E-state index in [1.54, 1.807) is 0 Å². The van der Waals surface area contributed by atoms with Crippen molar-refractivity contribution in [2.75, 3.05) is 11.5 Å². The Bertz CT molecular complexity index is 532. The molecule has 1 aliphatic heterocycles. The summed E-state index contributed by atoms with van der Waals surface area (Å²) in [7, 11) is 0. The summed E-state index contributed by atoms with van der Waals surface area (Å²) in [5.74, 6) is -1.50. The second-order valence-corrected chi connectivity index (χ2v) is 6.29. The van der Waals surface area contributed by atoms with E-state index in [-0.39, 0.29) is 5.56 Å². The molecule has 0 radical (unpaired) electrons. The maximum absolute atomic E-state index is 13.7. The molecular formula is C12H11BrFNO3S. The number of rotatable bonds is 3. The predicted octanol–water partition coefficient (Wildman–Crippen LogP) is 2.28. The van der Waals surface area contributed by atoms with Gasteiger partial charge < -0.3 is 10.4 Å². The van der Waals surface area contributed by atoms with Crippen LogP contribution in [0.4, 0.5) is 4.39 Å². The minimum Gasteiger partial charge on any atom is -0.479 e. The van der Waals surface area contributed by atoms with Crippen LogP contribution in [0.25, 0.3) is 0 Å². The second-order valence-electron chi connectivity index (χ2n) is 4.27. The summed E-state index contributed by atoms with van der Waals surface area (Å²) in [4.78, 5) is 23.3. The van der Waals surface area contributed by atoms with Gasteiger partial charge in [0.15, 0.2) is 0 Å². The number of hydrogen-bond donors (Lipinski definition) is 2. The molecule has 0 saturated carbocycles. The highest BCUT2D eigenvalue weighted by atomic mass is 79.9. The van der Waals surface area contributed by atoms with Crippen molar-refractivity contribution in [1.82, 2.24) is 5.32 Å². The highest BCUT2D eigenvalue weighted by molar-refractivity contribution is 9.10. The lowest BCUT2D eigenvalue weighted by Gasteiger charge is -2.24. The monoisotopic (exact) mass is 347 g/mol. The molecule has 1 amide bonds. The first-order valence-electron chi connectivity index (χ1n) is 5.53. The fraction of sp³-hybridized carbons (Fsp3) is 0.333. The van der Waals surface area contributed by atoms with Gasteiger partial charge in [0, 0.05) is 10.2 Å². The molecule has 1 aromatic carbocycles. The van der Waals surface area contributed by atoms with Crippen molar-refractivity contribution >= 4 is 39.6 Å². The molecule has 7 heteroatoms. The summed E-state index contributed by atoms with van der Waals surface area (Å²) >= 11 is 4.55. The van der Waals surface area contributed by atoms with E-state index in [4.69, 9.17) is 0 Å². The van der Waals surface area contributed by atoms with Gasteiger partial charge in [-0.1, -0.05) is 15.9 Å². The molecule has 19 heavy (non-hydrogen) atoms. The summed E-state index contributed by atoms with van der Waals surface area (Å²) in [6.45, 7) is 0. The Morgan fingerprint density at radius 3 is 2.74 bits per heavy atom. The van der Waals surface area contributed by atoms with Crippen molar-refractivity contribution in [1.29, 1.82) is 0 Å². The van der Waals surface area contributed by atoms with E-state index in [9.17, 15) is 19.1 Å². The fourth-order valence-corrected chi connectivity index (χ4v) is 3.50. The summed E-state index contributed by atoms with van der Waals surface area (Å²) in [5, 5.41) is 11.7. The molecule has 102 valence electrons. The van der Waals surface area contributed by atoms with Crippen LogP contribution in [0.1, 0.15) is 16.8 Å². The van der Waals surface area contributed by atoms with Crippen LogP contribution >= 0.6 is 27.7 Å². The van der Waals surface area contributed by atoms with Crippen LogP contribution in [0, 0.1) is 5.82 Å². The largest absolute Gasteiger partial charge is 0.479 e. The van der Waals surface area contributed by atoms with Gasteiger partial charge in [-0.25, -0.2) is 9.18 Å². The average molecular weight is 348 g/mol. The van der Waals surface area contributed by atoms with Crippen LogP contribution < -0.4 is 5.32 Å². The zero-order valence-corrected chi connectivity index (χ0v) is 12.2. The van der Waals surface area contributed by atoms with Gasteiger partial charge >= 0.3 is 5.97 Å². The molecule has 0 aliphatic carbocycles. The normalized spacial score (nSPS) is 22.2. The van der Waals surface area contributed by atoms with Gasteiger partial charge in [0.05, 0.1) is 5.56 Å². The van der Waals surface area contributed by atoms with E-state index < -0.39 is 23.2 Å². The topological polar surface area (TPSA) is 66.4 Å². The molecule has 1 aromatic rings. The SMILES string of the molecule is O=C(NC1(C(=O)O)CCSC1)c1ccc(Br)cc1F. The van der Waals surface area contributed by atoms with Crippen LogP contribution in [0.5, 0.6) is 0 Å². The zero-order chi connectivity index (χ0) is 14.0. The van der Waals surface area contributed by atoms with Crippen molar-refractivity contribution in [3.05, 3.63) is 34.1 Å². The number of carboxylic acid groups (broad SMARTS) is 1. The maximum Gasteiger partial charge on any atom is 0.330 e. The Balaban J connectivity index is 2.22. The van der Waals surface area contributed by atoms with Crippen molar-refractivity contribution in [2.24, 2.45) is 0 Å². The molecule has 1 unspecified atom stereocenters. The van der Waals surface area contributed by atoms with E-state index in [1.165, 1.54) is 30.0 Å². The number of benzene rings is 1. The number of amides is 1. The molecule has 1 atom stereocenters. The van der Waals surface area contributed by atoms with Gasteiger partial charge in [0.2, 0.25) is 0 Å². The Labute approximate surface area is 121 Å². The van der Waals surface area contributed by atoms with Crippen molar-refractivity contribution < 1.29 is 19.1 Å². The summed E-state index contributed by atoms with van der Waals surface area (Å²) in [6, 6.07) is 4.03. The van der Waals surface area contributed by atoms with Crippen molar-refractivity contribution in [3.63, 3.8) is 0 Å². The Morgan fingerprint density at radius 2 is 2.21 bits per heavy atom. The summed E-state index contributed by atoms with van der Waals surface area (Å²) < 4.78 is 14.2. The smallest absolute Gasteiger partial charge is 0.330 e. The molecule has 1 saturated heterocycles. The van der Waals surface area contributed by atoms with Gasteiger partial charge in [0.1, 0.15) is 11.4 Å². The van der Waals surface area contributed by atoms with Gasteiger partial charge in [0.25, 0.3) is 5.91 Å². The minimum atomic E-state index is -1.29. The van der Waals surface area contributed by atoms with E-state index in [0.29, 0.717) is 22.4 Å². The Kier molecular flexibility index (Phi) is 4.15. The number of carbonyl (C=O) groups is 2. The van der Waals surface area contributed by atoms with Crippen LogP contribution in [0.15, 0.2) is 22.7 Å². The molecule has 1 aliphatic rings. The molecular weight excluding hydrogens is 337 g/mol. The van der Waals surface area contributed by atoms with Crippen LogP contribution in [0.3, 0.4) is 0 Å². The standard InChI is InChI=1S/C12H11BrFNO3S/c13-7-1-2-8(9(14)5-7)10(16)15-12(11(17)18)3-4-19-6-12/h1-2,5H,3-4,6H2,(H,15,16)(H,17,18). The molecule has 1 fully saturated rings. The molecule has 0 aromatic heterocycles. The Morgan fingerprint density at radius 1 is 1.47 bits per heavy atom. The number of carboxylic acids is 1. The van der Waals surface area contributed by atoms with E-state index >= 15 is 0 Å². The number of carbonyl (C=O) groups excluding carboxylic acids is 1. The predicted molar refractivity (Wildman–Crippen MR) is 73.9 cm³/mol. The molecule has 2 rings (SSSR count). The van der Waals surface area contributed by atoms with Crippen molar-refractivity contribution in [3.8, 4) is 0 Å². The third-order valence-electron chi connectivity index (χ3n) is 2.96. The van der Waals surface area contributed by atoms with E-state index in [0.717, 1.165) is 0 Å². The van der Waals surface area contributed by atoms with Crippen LogP contribution in [-0.4, -0.2) is 34.0 Å². The van der Waals surface area contributed by atoms with Gasteiger partial charge in [-0.05, 0) is 30.4 Å². The molecule has 1 heterocycles. The fourth-order valence-electron chi connectivity index (χ4n) is 1.84. The quantitative estimate of drug-likeness (QED) is 0.880. The lowest BCUT2D eigenvalue weighted by Crippen LogP contribution is -2.54. The second kappa shape index (κ2) is 5.50. The number of nitrogens with one attached hydrogen (secondary N) is 1. The molecule has 0 spiro atoms. The highest BCUT2D eigenvalue weighted by Gasteiger charge is 2.43. The van der Waals surface area contributed by atoms with Gasteiger partial charge in [-0.2, -0.15) is 11.8 Å². The molecule has 4 nitrogen and oxygen atoms in total. The van der Waals surface area contributed by atoms with Crippen LogP contribution in [0.2, 0.25) is 0 Å². The lowest BCUT2D eigenvalue weighted by molar-refractivity contribution is -0.143. The number of halogens is 2. The third kappa shape index (κ3) is 2.92. The highest BCUT2D eigenvalue weighted by Crippen LogP contribution is 2.29. The zero-order valence-electron chi connectivity index (χ0n) is 9.78. The first-order valence-corrected chi connectivity index (χ1v) is 7.48. The first kappa shape index (κ1) is 14.3. The maximum atomic E-state index is 13.7. The number of thioether (sulfide) groups is 1. The van der Waals surface area contributed by atoms with Gasteiger partial charge in [-0.3, -0.25) is 4.79 Å². The van der Waals surface area contributed by atoms with Crippen LogP contribution in [-0.2, 0) is 4.79 Å². The summed E-state index contributed by atoms with van der Waals surface area (Å²) in [6.07, 6.45) is 0.344. The summed E-state index contributed by atoms with van der Waals surface area (Å²) in [5.41, 5.74) is -1.44. The lowest BCUT2D eigenvalue weighted by atomic mass is 9.98. The Hall–Kier alpha value is -1.08. The average Bonchev–Trinajstić information content (AvgIpc) is 2.78. The molecule has 0 bridgehead atoms. The number of aliphatic carboxylic acids is 1. The van der Waals surface area contributed by atoms with Gasteiger partial charge in [-0.15, -0.1) is 0 Å². The van der Waals surface area contributed by atoms with E-state index in [1.807, 2.05) is 0 Å². The van der Waals surface area contributed by atoms with Crippen molar-refractivity contribution in [2.45, 2.75) is 12.0 Å². The third-order valence-corrected chi connectivity index (χ3v) is 4.64. The van der Waals surface area contributed by atoms with E-state index in [2.05, 4.69) is 21.2 Å².